The minimum Gasteiger partial charge on any atom is -0.506 e. The first kappa shape index (κ1) is 15.1. The largest absolute Gasteiger partial charge is 0.506 e. The van der Waals surface area contributed by atoms with Gasteiger partial charge < -0.3 is 5.11 Å². The fourth-order valence-corrected chi connectivity index (χ4v) is 2.40. The highest BCUT2D eigenvalue weighted by Gasteiger charge is 2.11. The number of hydrogen-bond donors (Lipinski definition) is 2. The second kappa shape index (κ2) is 6.14. The highest BCUT2D eigenvalue weighted by atomic mass is 35.5. The van der Waals surface area contributed by atoms with Crippen LogP contribution >= 0.6 is 11.6 Å². The van der Waals surface area contributed by atoms with Crippen molar-refractivity contribution in [3.05, 3.63) is 75.2 Å². The van der Waals surface area contributed by atoms with Gasteiger partial charge in [-0.2, -0.15) is 0 Å². The third kappa shape index (κ3) is 3.05. The van der Waals surface area contributed by atoms with Crippen LogP contribution in [0.15, 0.2) is 58.3 Å². The summed E-state index contributed by atoms with van der Waals surface area (Å²) in [5.74, 6) is 0.0621. The fourth-order valence-electron chi connectivity index (χ4n) is 2.22. The van der Waals surface area contributed by atoms with Gasteiger partial charge in [-0.05, 0) is 37.3 Å². The molecule has 3 rings (SSSR count). The van der Waals surface area contributed by atoms with E-state index in [-0.39, 0.29) is 11.3 Å². The molecule has 3 aromatic rings. The standard InChI is InChI=1S/C17H14ClN3O2/c1-11-14(10-19-15-7-2-3-8-16(15)22)17(23)21(20-11)13-6-4-5-12(18)9-13/h2-10,20,22H,1H3. The molecule has 6 heteroatoms. The Morgan fingerprint density at radius 1 is 1.22 bits per heavy atom. The highest BCUT2D eigenvalue weighted by molar-refractivity contribution is 6.30. The monoisotopic (exact) mass is 327 g/mol. The molecule has 0 fully saturated rings. The molecule has 0 bridgehead atoms. The molecule has 2 aromatic carbocycles. The van der Waals surface area contributed by atoms with Gasteiger partial charge in [0.25, 0.3) is 5.56 Å². The van der Waals surface area contributed by atoms with Gasteiger partial charge in [0.05, 0.1) is 11.3 Å². The van der Waals surface area contributed by atoms with Crippen molar-refractivity contribution < 1.29 is 5.11 Å². The van der Waals surface area contributed by atoms with Gasteiger partial charge in [0.15, 0.2) is 0 Å². The Bertz CT molecular complexity index is 941. The average molecular weight is 328 g/mol. The molecule has 0 spiro atoms. The molecule has 2 N–H and O–H groups in total. The SMILES string of the molecule is Cc1[nH]n(-c2cccc(Cl)c2)c(=O)c1C=Nc1ccccc1O. The van der Waals surface area contributed by atoms with Gasteiger partial charge in [-0.15, -0.1) is 0 Å². The van der Waals surface area contributed by atoms with E-state index < -0.39 is 0 Å². The lowest BCUT2D eigenvalue weighted by Gasteiger charge is -2.01. The van der Waals surface area contributed by atoms with E-state index in [1.807, 2.05) is 0 Å². The van der Waals surface area contributed by atoms with Crippen molar-refractivity contribution in [2.24, 2.45) is 4.99 Å². The summed E-state index contributed by atoms with van der Waals surface area (Å²) in [4.78, 5) is 16.7. The molecule has 0 radical (unpaired) electrons. The molecule has 0 saturated heterocycles. The number of aromatic hydroxyl groups is 1. The second-order valence-corrected chi connectivity index (χ2v) is 5.45. The Kier molecular flexibility index (Phi) is 4.04. The lowest BCUT2D eigenvalue weighted by molar-refractivity contribution is 0.477. The van der Waals surface area contributed by atoms with Crippen LogP contribution in [0, 0.1) is 6.92 Å². The molecule has 1 aromatic heterocycles. The zero-order chi connectivity index (χ0) is 16.4. The molecule has 23 heavy (non-hydrogen) atoms. The third-order valence-corrected chi connectivity index (χ3v) is 3.63. The summed E-state index contributed by atoms with van der Waals surface area (Å²) in [6.07, 6.45) is 1.45. The average Bonchev–Trinajstić information content (AvgIpc) is 2.81. The van der Waals surface area contributed by atoms with Crippen molar-refractivity contribution in [1.82, 2.24) is 9.78 Å². The van der Waals surface area contributed by atoms with Gasteiger partial charge in [0, 0.05) is 16.9 Å². The maximum absolute atomic E-state index is 12.5. The molecule has 0 amide bonds. The Balaban J connectivity index is 2.02. The minimum absolute atomic E-state index is 0.0621. The predicted octanol–water partition coefficient (Wildman–Crippen LogP) is 3.58. The lowest BCUT2D eigenvalue weighted by atomic mass is 10.2. The summed E-state index contributed by atoms with van der Waals surface area (Å²) >= 11 is 5.97. The molecule has 0 aliphatic heterocycles. The lowest BCUT2D eigenvalue weighted by Crippen LogP contribution is -2.17. The van der Waals surface area contributed by atoms with Crippen molar-refractivity contribution >= 4 is 23.5 Å². The van der Waals surface area contributed by atoms with Gasteiger partial charge >= 0.3 is 0 Å². The quantitative estimate of drug-likeness (QED) is 0.722. The number of aromatic nitrogens is 2. The summed E-state index contributed by atoms with van der Waals surface area (Å²) in [6, 6.07) is 13.7. The molecule has 5 nitrogen and oxygen atoms in total. The van der Waals surface area contributed by atoms with E-state index in [1.54, 1.807) is 55.5 Å². The van der Waals surface area contributed by atoms with E-state index in [0.717, 1.165) is 0 Å². The van der Waals surface area contributed by atoms with Gasteiger partial charge in [-0.1, -0.05) is 29.8 Å². The zero-order valence-electron chi connectivity index (χ0n) is 12.3. The molecule has 1 heterocycles. The number of H-pyrrole nitrogens is 1. The number of phenols is 1. The number of nitrogens with one attached hydrogen (secondary N) is 1. The number of rotatable bonds is 3. The Labute approximate surface area is 137 Å². The summed E-state index contributed by atoms with van der Waals surface area (Å²) in [7, 11) is 0. The zero-order valence-corrected chi connectivity index (χ0v) is 13.1. The van der Waals surface area contributed by atoms with Gasteiger partial charge in [-0.3, -0.25) is 14.9 Å². The van der Waals surface area contributed by atoms with Crippen LogP contribution in [0.2, 0.25) is 5.02 Å². The highest BCUT2D eigenvalue weighted by Crippen LogP contribution is 2.24. The Morgan fingerprint density at radius 3 is 2.74 bits per heavy atom. The summed E-state index contributed by atoms with van der Waals surface area (Å²) in [5.41, 5.74) is 1.92. The van der Waals surface area contributed by atoms with E-state index in [1.165, 1.54) is 10.9 Å². The van der Waals surface area contributed by atoms with Gasteiger partial charge in [-0.25, -0.2) is 4.68 Å². The maximum Gasteiger partial charge on any atom is 0.280 e. The van der Waals surface area contributed by atoms with Crippen LogP contribution in [0.3, 0.4) is 0 Å². The number of benzene rings is 2. The predicted molar refractivity (Wildman–Crippen MR) is 91.5 cm³/mol. The molecule has 0 saturated carbocycles. The number of phenolic OH excluding ortho intramolecular Hbond substituents is 1. The molecular weight excluding hydrogens is 314 g/mol. The number of hydrogen-bond acceptors (Lipinski definition) is 3. The summed E-state index contributed by atoms with van der Waals surface area (Å²) in [5, 5.41) is 13.3. The first-order valence-corrected chi connectivity index (χ1v) is 7.33. The second-order valence-electron chi connectivity index (χ2n) is 5.02. The van der Waals surface area contributed by atoms with E-state index >= 15 is 0 Å². The van der Waals surface area contributed by atoms with Crippen LogP contribution in [0.1, 0.15) is 11.3 Å². The van der Waals surface area contributed by atoms with Crippen LogP contribution in [0.25, 0.3) is 5.69 Å². The van der Waals surface area contributed by atoms with E-state index in [9.17, 15) is 9.90 Å². The number of aromatic amines is 1. The Morgan fingerprint density at radius 2 is 2.00 bits per heavy atom. The first-order chi connectivity index (χ1) is 11.1. The molecule has 0 aliphatic rings. The first-order valence-electron chi connectivity index (χ1n) is 6.96. The van der Waals surface area contributed by atoms with Crippen molar-refractivity contribution in [3.63, 3.8) is 0 Å². The van der Waals surface area contributed by atoms with Crippen LogP contribution in [-0.4, -0.2) is 21.1 Å². The number of halogens is 1. The smallest absolute Gasteiger partial charge is 0.280 e. The molecule has 0 aliphatic carbocycles. The van der Waals surface area contributed by atoms with Crippen LogP contribution in [0.4, 0.5) is 5.69 Å². The topological polar surface area (TPSA) is 70.4 Å². The van der Waals surface area contributed by atoms with Crippen LogP contribution in [-0.2, 0) is 0 Å². The molecule has 116 valence electrons. The van der Waals surface area contributed by atoms with E-state index in [0.29, 0.717) is 27.7 Å². The van der Waals surface area contributed by atoms with Crippen molar-refractivity contribution in [3.8, 4) is 11.4 Å². The van der Waals surface area contributed by atoms with Crippen molar-refractivity contribution in [1.29, 1.82) is 0 Å². The molecule has 0 unspecified atom stereocenters. The van der Waals surface area contributed by atoms with E-state index in [4.69, 9.17) is 11.6 Å². The van der Waals surface area contributed by atoms with Crippen molar-refractivity contribution in [2.45, 2.75) is 6.92 Å². The molecular formula is C17H14ClN3O2. The normalized spacial score (nSPS) is 11.2. The Hall–Kier alpha value is -2.79. The number of aliphatic imine (C=N–C) groups is 1. The third-order valence-electron chi connectivity index (χ3n) is 3.40. The van der Waals surface area contributed by atoms with E-state index in [2.05, 4.69) is 10.1 Å². The summed E-state index contributed by atoms with van der Waals surface area (Å²) < 4.78 is 1.41. The van der Waals surface area contributed by atoms with Gasteiger partial charge in [0.2, 0.25) is 0 Å². The summed E-state index contributed by atoms with van der Waals surface area (Å²) in [6.45, 7) is 1.79. The van der Waals surface area contributed by atoms with Gasteiger partial charge in [0.1, 0.15) is 11.4 Å². The van der Waals surface area contributed by atoms with Crippen LogP contribution < -0.4 is 5.56 Å². The number of nitrogens with zero attached hydrogens (tertiary/aromatic N) is 2. The fraction of sp³-hybridized carbons (Fsp3) is 0.0588. The number of para-hydroxylation sites is 2. The van der Waals surface area contributed by atoms with Crippen molar-refractivity contribution in [2.75, 3.05) is 0 Å². The van der Waals surface area contributed by atoms with Crippen LogP contribution in [0.5, 0.6) is 5.75 Å². The minimum atomic E-state index is -0.232. The molecule has 0 atom stereocenters. The number of aryl methyl sites for hydroxylation is 1. The maximum atomic E-state index is 12.5.